The monoisotopic (exact) mass is 518 g/mol. The number of benzene rings is 6. The summed E-state index contributed by atoms with van der Waals surface area (Å²) < 4.78 is 6.58. The maximum Gasteiger partial charge on any atom is 0.132 e. The number of hydrogen-bond acceptors (Lipinski definition) is 1. The minimum Gasteiger partial charge on any atom is -0.457 e. The van der Waals surface area contributed by atoms with Gasteiger partial charge in [0, 0.05) is 16.1 Å². The minimum atomic E-state index is -0.457. The van der Waals surface area contributed by atoms with Gasteiger partial charge < -0.3 is 4.74 Å². The molecule has 1 aliphatic carbocycles. The third kappa shape index (κ3) is 3.21. The number of hydrogen-bond donors (Lipinski definition) is 0. The van der Waals surface area contributed by atoms with Crippen LogP contribution in [0.15, 0.2) is 140 Å². The first-order valence-corrected chi connectivity index (χ1v) is 13.6. The van der Waals surface area contributed by atoms with Crippen molar-refractivity contribution in [1.82, 2.24) is 0 Å². The lowest BCUT2D eigenvalue weighted by atomic mass is 9.66. The number of fused-ring (bicyclic) bond motifs is 9. The van der Waals surface area contributed by atoms with E-state index in [1.165, 1.54) is 38.9 Å². The molecule has 1 heterocycles. The van der Waals surface area contributed by atoms with Gasteiger partial charge in [-0.15, -0.1) is 0 Å². The second kappa shape index (κ2) is 8.46. The van der Waals surface area contributed by atoms with Crippen molar-refractivity contribution in [2.24, 2.45) is 0 Å². The largest absolute Gasteiger partial charge is 0.457 e. The molecule has 1 nitrogen and oxygen atoms in total. The van der Waals surface area contributed by atoms with Crippen LogP contribution >= 0.6 is 11.6 Å². The van der Waals surface area contributed by atoms with Crippen molar-refractivity contribution < 1.29 is 4.74 Å². The molecule has 1 aliphatic heterocycles. The fourth-order valence-corrected chi connectivity index (χ4v) is 6.68. The maximum atomic E-state index is 6.58. The number of halogens is 1. The molecule has 0 bridgehead atoms. The Balaban J connectivity index is 1.39. The second-order valence-corrected chi connectivity index (χ2v) is 10.7. The van der Waals surface area contributed by atoms with E-state index in [0.29, 0.717) is 0 Å². The van der Waals surface area contributed by atoms with Gasteiger partial charge >= 0.3 is 0 Å². The average Bonchev–Trinajstić information content (AvgIpc) is 3.29. The van der Waals surface area contributed by atoms with E-state index in [0.717, 1.165) is 33.2 Å². The predicted molar refractivity (Wildman–Crippen MR) is 160 cm³/mol. The molecule has 0 N–H and O–H groups in total. The van der Waals surface area contributed by atoms with Crippen LogP contribution in [0.1, 0.15) is 22.3 Å². The van der Waals surface area contributed by atoms with Crippen LogP contribution in [0.3, 0.4) is 0 Å². The molecule has 1 spiro atoms. The molecule has 0 saturated heterocycles. The molecule has 0 amide bonds. The first kappa shape index (κ1) is 22.4. The van der Waals surface area contributed by atoms with Crippen molar-refractivity contribution >= 4 is 11.6 Å². The Kier molecular flexibility index (Phi) is 4.86. The first-order chi connectivity index (χ1) is 19.2. The molecule has 0 atom stereocenters. The zero-order valence-corrected chi connectivity index (χ0v) is 21.8. The van der Waals surface area contributed by atoms with Crippen LogP contribution in [0.25, 0.3) is 33.4 Å². The average molecular weight is 519 g/mol. The zero-order valence-electron chi connectivity index (χ0n) is 21.1. The van der Waals surface area contributed by atoms with Crippen LogP contribution in [0.5, 0.6) is 11.5 Å². The summed E-state index contributed by atoms with van der Waals surface area (Å²) in [7, 11) is 0. The lowest BCUT2D eigenvalue weighted by Crippen LogP contribution is -2.32. The lowest BCUT2D eigenvalue weighted by Gasteiger charge is -2.39. The molecule has 2 aliphatic rings. The molecular weight excluding hydrogens is 496 g/mol. The molecule has 6 aromatic rings. The van der Waals surface area contributed by atoms with Crippen LogP contribution in [0.2, 0.25) is 5.02 Å². The smallest absolute Gasteiger partial charge is 0.132 e. The normalized spacial score (nSPS) is 13.7. The van der Waals surface area contributed by atoms with Gasteiger partial charge in [-0.3, -0.25) is 0 Å². The molecule has 0 radical (unpaired) electrons. The van der Waals surface area contributed by atoms with E-state index < -0.39 is 5.41 Å². The van der Waals surface area contributed by atoms with E-state index in [9.17, 15) is 0 Å². The lowest BCUT2D eigenvalue weighted by molar-refractivity contribution is 0.436. The van der Waals surface area contributed by atoms with Gasteiger partial charge in [0.05, 0.1) is 5.41 Å². The Morgan fingerprint density at radius 2 is 0.949 bits per heavy atom. The summed E-state index contributed by atoms with van der Waals surface area (Å²) in [5.74, 6) is 1.81. The highest BCUT2D eigenvalue weighted by Crippen LogP contribution is 2.62. The first-order valence-electron chi connectivity index (χ1n) is 13.2. The summed E-state index contributed by atoms with van der Waals surface area (Å²) in [5.41, 5.74) is 11.7. The summed E-state index contributed by atoms with van der Waals surface area (Å²) in [6.07, 6.45) is 0. The van der Waals surface area contributed by atoms with Crippen molar-refractivity contribution in [2.45, 2.75) is 5.41 Å². The van der Waals surface area contributed by atoms with Gasteiger partial charge in [-0.25, -0.2) is 0 Å². The van der Waals surface area contributed by atoms with Crippen LogP contribution in [-0.4, -0.2) is 0 Å². The summed E-state index contributed by atoms with van der Waals surface area (Å²) >= 11 is 6.15. The standard InChI is InChI=1S/C37H23ClO/c38-28-19-16-24(17-20-28)25-8-7-9-26(22-25)27-18-21-36-34(23-27)37(33-14-5-6-15-35(33)39-36)31-12-3-1-10-29(31)30-11-2-4-13-32(30)37/h1-23H. The molecule has 6 aromatic carbocycles. The molecule has 2 heteroatoms. The molecule has 0 saturated carbocycles. The Bertz CT molecular complexity index is 1850. The van der Waals surface area contributed by atoms with E-state index in [2.05, 4.69) is 127 Å². The van der Waals surface area contributed by atoms with E-state index in [1.807, 2.05) is 12.1 Å². The zero-order chi connectivity index (χ0) is 26.0. The third-order valence-electron chi connectivity index (χ3n) is 8.22. The SMILES string of the molecule is Clc1ccc(-c2cccc(-c3ccc4c(c3)C3(c5ccccc5O4)c4ccccc4-c4ccccc43)c2)cc1. The van der Waals surface area contributed by atoms with Crippen molar-refractivity contribution in [3.63, 3.8) is 0 Å². The highest BCUT2D eigenvalue weighted by molar-refractivity contribution is 6.30. The fraction of sp³-hybridized carbons (Fsp3) is 0.0270. The Morgan fingerprint density at radius 1 is 0.410 bits per heavy atom. The Labute approximate surface area is 232 Å². The predicted octanol–water partition coefficient (Wildman–Crippen LogP) is 10.1. The minimum absolute atomic E-state index is 0.457. The third-order valence-corrected chi connectivity index (χ3v) is 8.47. The van der Waals surface area contributed by atoms with Crippen LogP contribution in [-0.2, 0) is 5.41 Å². The fourth-order valence-electron chi connectivity index (χ4n) is 6.56. The highest BCUT2D eigenvalue weighted by Gasteiger charge is 2.50. The second-order valence-electron chi connectivity index (χ2n) is 10.2. The van der Waals surface area contributed by atoms with Gasteiger partial charge in [0.15, 0.2) is 0 Å². The van der Waals surface area contributed by atoms with Crippen LogP contribution < -0.4 is 4.74 Å². The highest BCUT2D eigenvalue weighted by atomic mass is 35.5. The van der Waals surface area contributed by atoms with Crippen molar-refractivity contribution in [3.8, 4) is 44.9 Å². The van der Waals surface area contributed by atoms with Gasteiger partial charge in [-0.1, -0.05) is 115 Å². The van der Waals surface area contributed by atoms with Gasteiger partial charge in [0.25, 0.3) is 0 Å². The van der Waals surface area contributed by atoms with E-state index in [-0.39, 0.29) is 0 Å². The summed E-state index contributed by atoms with van der Waals surface area (Å²) in [5, 5.41) is 0.743. The molecule has 39 heavy (non-hydrogen) atoms. The van der Waals surface area contributed by atoms with Crippen molar-refractivity contribution in [2.75, 3.05) is 0 Å². The Hall–Kier alpha value is -4.59. The van der Waals surface area contributed by atoms with Crippen molar-refractivity contribution in [3.05, 3.63) is 167 Å². The molecule has 184 valence electrons. The molecule has 8 rings (SSSR count). The quantitative estimate of drug-likeness (QED) is 0.221. The molecule has 0 unspecified atom stereocenters. The maximum absolute atomic E-state index is 6.58. The summed E-state index contributed by atoms with van der Waals surface area (Å²) in [6, 6.07) is 49.5. The molecular formula is C37H23ClO. The van der Waals surface area contributed by atoms with E-state index in [4.69, 9.17) is 16.3 Å². The number of ether oxygens (including phenoxy) is 1. The molecule has 0 aromatic heterocycles. The summed E-state index contributed by atoms with van der Waals surface area (Å²) in [4.78, 5) is 0. The van der Waals surface area contributed by atoms with E-state index >= 15 is 0 Å². The van der Waals surface area contributed by atoms with Gasteiger partial charge in [0.1, 0.15) is 11.5 Å². The van der Waals surface area contributed by atoms with Crippen LogP contribution in [0, 0.1) is 0 Å². The number of rotatable bonds is 2. The van der Waals surface area contributed by atoms with Gasteiger partial charge in [-0.2, -0.15) is 0 Å². The van der Waals surface area contributed by atoms with Gasteiger partial charge in [-0.05, 0) is 80.9 Å². The molecule has 0 fully saturated rings. The summed E-state index contributed by atoms with van der Waals surface area (Å²) in [6.45, 7) is 0. The Morgan fingerprint density at radius 3 is 1.67 bits per heavy atom. The van der Waals surface area contributed by atoms with Crippen LogP contribution in [0.4, 0.5) is 0 Å². The van der Waals surface area contributed by atoms with E-state index in [1.54, 1.807) is 0 Å². The van der Waals surface area contributed by atoms with Crippen molar-refractivity contribution in [1.29, 1.82) is 0 Å². The topological polar surface area (TPSA) is 9.23 Å². The van der Waals surface area contributed by atoms with Gasteiger partial charge in [0.2, 0.25) is 0 Å². The number of para-hydroxylation sites is 1.